The minimum absolute atomic E-state index is 0.393. The first-order valence-corrected chi connectivity index (χ1v) is 7.55. The normalized spacial score (nSPS) is 11.2. The number of hydrogen-bond donors (Lipinski definition) is 1. The number of hydrogen-bond acceptors (Lipinski definition) is 5. The number of alkyl carbamates (subject to hydrolysis) is 1. The molecule has 0 saturated carbocycles. The first-order chi connectivity index (χ1) is 9.85. The monoisotopic (exact) mass is 305 g/mol. The highest BCUT2D eigenvalue weighted by molar-refractivity contribution is 7.13. The molecule has 0 fully saturated rings. The topological polar surface area (TPSA) is 64.1 Å². The maximum atomic E-state index is 11.6. The zero-order valence-corrected chi connectivity index (χ0v) is 13.5. The first-order valence-electron chi connectivity index (χ1n) is 6.67. The van der Waals surface area contributed by atoms with E-state index in [-0.39, 0.29) is 0 Å². The fraction of sp³-hybridized carbons (Fsp3) is 0.400. The van der Waals surface area contributed by atoms with E-state index in [1.807, 2.05) is 45.3 Å². The average Bonchev–Trinajstić information content (AvgIpc) is 2.81. The van der Waals surface area contributed by atoms with E-state index in [0.717, 1.165) is 21.8 Å². The SMILES string of the molecule is Cc1ncsc1-c1ccc(CNC(=O)OC(C)(C)C)cn1. The van der Waals surface area contributed by atoms with Crippen molar-refractivity contribution in [1.29, 1.82) is 0 Å². The molecule has 0 aliphatic rings. The van der Waals surface area contributed by atoms with Gasteiger partial charge in [-0.3, -0.25) is 4.98 Å². The zero-order chi connectivity index (χ0) is 15.5. The third kappa shape index (κ3) is 4.53. The molecule has 0 aliphatic carbocycles. The van der Waals surface area contributed by atoms with E-state index >= 15 is 0 Å². The number of thiazole rings is 1. The number of pyridine rings is 1. The average molecular weight is 305 g/mol. The third-order valence-corrected chi connectivity index (χ3v) is 3.59. The fourth-order valence-corrected chi connectivity index (χ4v) is 2.48. The van der Waals surface area contributed by atoms with Gasteiger partial charge in [0.15, 0.2) is 0 Å². The van der Waals surface area contributed by atoms with E-state index in [1.54, 1.807) is 17.5 Å². The van der Waals surface area contributed by atoms with E-state index in [9.17, 15) is 4.79 Å². The van der Waals surface area contributed by atoms with Crippen molar-refractivity contribution in [2.45, 2.75) is 39.8 Å². The van der Waals surface area contributed by atoms with E-state index in [2.05, 4.69) is 15.3 Å². The Morgan fingerprint density at radius 3 is 2.62 bits per heavy atom. The molecule has 1 N–H and O–H groups in total. The van der Waals surface area contributed by atoms with Gasteiger partial charge in [-0.2, -0.15) is 0 Å². The standard InChI is InChI=1S/C15H19N3O2S/c1-10-13(21-9-18-10)12-6-5-11(7-16-12)8-17-14(19)20-15(2,3)4/h5-7,9H,8H2,1-4H3,(H,17,19). The molecular weight excluding hydrogens is 286 g/mol. The van der Waals surface area contributed by atoms with Crippen molar-refractivity contribution < 1.29 is 9.53 Å². The van der Waals surface area contributed by atoms with Crippen LogP contribution in [-0.4, -0.2) is 21.7 Å². The Hall–Kier alpha value is -1.95. The van der Waals surface area contributed by atoms with Gasteiger partial charge >= 0.3 is 6.09 Å². The molecule has 0 atom stereocenters. The quantitative estimate of drug-likeness (QED) is 0.942. The van der Waals surface area contributed by atoms with E-state index in [0.29, 0.717) is 6.54 Å². The largest absolute Gasteiger partial charge is 0.444 e. The van der Waals surface area contributed by atoms with Gasteiger partial charge in [0.2, 0.25) is 0 Å². The van der Waals surface area contributed by atoms with Crippen LogP contribution in [0.1, 0.15) is 32.0 Å². The van der Waals surface area contributed by atoms with Crippen molar-refractivity contribution in [2.75, 3.05) is 0 Å². The van der Waals surface area contributed by atoms with Gasteiger partial charge in [-0.05, 0) is 39.3 Å². The van der Waals surface area contributed by atoms with Crippen LogP contribution in [0.4, 0.5) is 4.79 Å². The lowest BCUT2D eigenvalue weighted by Gasteiger charge is -2.19. The summed E-state index contributed by atoms with van der Waals surface area (Å²) in [4.78, 5) is 21.3. The fourth-order valence-electron chi connectivity index (χ4n) is 1.70. The Labute approximate surface area is 128 Å². The molecule has 0 aromatic carbocycles. The van der Waals surface area contributed by atoms with Crippen LogP contribution in [0.2, 0.25) is 0 Å². The van der Waals surface area contributed by atoms with E-state index in [1.165, 1.54) is 0 Å². The van der Waals surface area contributed by atoms with Gasteiger partial charge in [0.25, 0.3) is 0 Å². The van der Waals surface area contributed by atoms with E-state index < -0.39 is 11.7 Å². The Morgan fingerprint density at radius 2 is 2.10 bits per heavy atom. The molecule has 5 nitrogen and oxygen atoms in total. The van der Waals surface area contributed by atoms with Crippen LogP contribution < -0.4 is 5.32 Å². The molecule has 2 rings (SSSR count). The molecule has 0 spiro atoms. The number of nitrogens with one attached hydrogen (secondary N) is 1. The highest BCUT2D eigenvalue weighted by Gasteiger charge is 2.15. The van der Waals surface area contributed by atoms with Crippen LogP contribution in [0.3, 0.4) is 0 Å². The number of amides is 1. The summed E-state index contributed by atoms with van der Waals surface area (Å²) < 4.78 is 5.18. The number of ether oxygens (including phenoxy) is 1. The van der Waals surface area contributed by atoms with Crippen LogP contribution in [0.15, 0.2) is 23.8 Å². The molecule has 0 bridgehead atoms. The van der Waals surface area contributed by atoms with Gasteiger partial charge in [0, 0.05) is 12.7 Å². The zero-order valence-electron chi connectivity index (χ0n) is 12.6. The number of aryl methyl sites for hydroxylation is 1. The number of aromatic nitrogens is 2. The molecular formula is C15H19N3O2S. The summed E-state index contributed by atoms with van der Waals surface area (Å²) in [6, 6.07) is 3.88. The molecule has 2 aromatic heterocycles. The maximum Gasteiger partial charge on any atom is 0.407 e. The van der Waals surface area contributed by atoms with Gasteiger partial charge in [0.1, 0.15) is 5.60 Å². The van der Waals surface area contributed by atoms with Crippen molar-refractivity contribution in [3.8, 4) is 10.6 Å². The minimum Gasteiger partial charge on any atom is -0.444 e. The summed E-state index contributed by atoms with van der Waals surface area (Å²) in [6.45, 7) is 7.86. The summed E-state index contributed by atoms with van der Waals surface area (Å²) in [5.74, 6) is 0. The molecule has 0 radical (unpaired) electrons. The number of carbonyl (C=O) groups excluding carboxylic acids is 1. The molecule has 0 aliphatic heterocycles. The second-order valence-corrected chi connectivity index (χ2v) is 6.53. The molecule has 0 unspecified atom stereocenters. The summed E-state index contributed by atoms with van der Waals surface area (Å²) in [6.07, 6.45) is 1.33. The predicted molar refractivity (Wildman–Crippen MR) is 83.2 cm³/mol. The summed E-state index contributed by atoms with van der Waals surface area (Å²) in [5.41, 5.74) is 4.12. The first kappa shape index (κ1) is 15.4. The lowest BCUT2D eigenvalue weighted by atomic mass is 10.2. The maximum absolute atomic E-state index is 11.6. The van der Waals surface area contributed by atoms with Crippen LogP contribution >= 0.6 is 11.3 Å². The highest BCUT2D eigenvalue weighted by Crippen LogP contribution is 2.25. The molecule has 21 heavy (non-hydrogen) atoms. The molecule has 1 amide bonds. The van der Waals surface area contributed by atoms with Crippen molar-refractivity contribution in [1.82, 2.24) is 15.3 Å². The lowest BCUT2D eigenvalue weighted by molar-refractivity contribution is 0.0523. The Balaban J connectivity index is 1.94. The number of rotatable bonds is 3. The molecule has 6 heteroatoms. The molecule has 0 saturated heterocycles. The highest BCUT2D eigenvalue weighted by atomic mass is 32.1. The van der Waals surface area contributed by atoms with Gasteiger partial charge < -0.3 is 10.1 Å². The Kier molecular flexibility index (Phi) is 4.57. The van der Waals surface area contributed by atoms with Gasteiger partial charge in [-0.25, -0.2) is 9.78 Å². The second-order valence-electron chi connectivity index (χ2n) is 5.67. The number of carbonyl (C=O) groups is 1. The lowest BCUT2D eigenvalue weighted by Crippen LogP contribution is -2.32. The Bertz CT molecular complexity index is 615. The summed E-state index contributed by atoms with van der Waals surface area (Å²) >= 11 is 1.57. The van der Waals surface area contributed by atoms with Gasteiger partial charge in [0.05, 0.1) is 21.8 Å². The summed E-state index contributed by atoms with van der Waals surface area (Å²) in [7, 11) is 0. The predicted octanol–water partition coefficient (Wildman–Crippen LogP) is 3.54. The smallest absolute Gasteiger partial charge is 0.407 e. The van der Waals surface area contributed by atoms with Crippen LogP contribution in [0.5, 0.6) is 0 Å². The van der Waals surface area contributed by atoms with Gasteiger partial charge in [-0.1, -0.05) is 6.07 Å². The van der Waals surface area contributed by atoms with Crippen LogP contribution in [0.25, 0.3) is 10.6 Å². The molecule has 2 heterocycles. The molecule has 112 valence electrons. The van der Waals surface area contributed by atoms with Crippen molar-refractivity contribution in [3.05, 3.63) is 35.1 Å². The van der Waals surface area contributed by atoms with Crippen LogP contribution in [-0.2, 0) is 11.3 Å². The van der Waals surface area contributed by atoms with Crippen molar-refractivity contribution in [3.63, 3.8) is 0 Å². The van der Waals surface area contributed by atoms with Crippen LogP contribution in [0, 0.1) is 6.92 Å². The van der Waals surface area contributed by atoms with Crippen molar-refractivity contribution >= 4 is 17.4 Å². The molecule has 2 aromatic rings. The second kappa shape index (κ2) is 6.22. The Morgan fingerprint density at radius 1 is 1.33 bits per heavy atom. The number of nitrogens with zero attached hydrogens (tertiary/aromatic N) is 2. The minimum atomic E-state index is -0.490. The van der Waals surface area contributed by atoms with Gasteiger partial charge in [-0.15, -0.1) is 11.3 Å². The summed E-state index contributed by atoms with van der Waals surface area (Å²) in [5, 5.41) is 2.71. The third-order valence-electron chi connectivity index (χ3n) is 2.64. The van der Waals surface area contributed by atoms with E-state index in [4.69, 9.17) is 4.74 Å². The van der Waals surface area contributed by atoms with Crippen molar-refractivity contribution in [2.24, 2.45) is 0 Å².